The van der Waals surface area contributed by atoms with Gasteiger partial charge in [0.15, 0.2) is 0 Å². The van der Waals surface area contributed by atoms with Crippen molar-refractivity contribution in [2.75, 3.05) is 17.6 Å². The van der Waals surface area contributed by atoms with Gasteiger partial charge in [-0.3, -0.25) is 9.59 Å². The zero-order chi connectivity index (χ0) is 31.2. The number of hydrogen-bond acceptors (Lipinski definition) is 5. The van der Waals surface area contributed by atoms with Gasteiger partial charge in [-0.05, 0) is 95.7 Å². The van der Waals surface area contributed by atoms with Crippen LogP contribution in [0.25, 0.3) is 5.57 Å². The van der Waals surface area contributed by atoms with Gasteiger partial charge in [0.05, 0.1) is 21.8 Å². The molecular formula is C34H38BrN2NaO5S. The molecule has 0 saturated heterocycles. The van der Waals surface area contributed by atoms with Crippen LogP contribution in [0.15, 0.2) is 83.3 Å². The molecule has 4 rings (SSSR count). The van der Waals surface area contributed by atoms with Crippen molar-refractivity contribution in [2.45, 2.75) is 52.4 Å². The number of carbonyl (C=O) groups is 2. The molecule has 44 heavy (non-hydrogen) atoms. The quantitative estimate of drug-likeness (QED) is 0.248. The molecule has 2 atom stereocenters. The van der Waals surface area contributed by atoms with Gasteiger partial charge in [0.2, 0.25) is 5.91 Å². The second-order valence-corrected chi connectivity index (χ2v) is 14.6. The molecule has 1 aliphatic carbocycles. The number of halogens is 1. The SMILES string of the molecule is CC(C)(C)C1CC=C(c2ccc(C(Cc3ccc(C(=O)NCCS(=O)(=O)[O-])cc3)C(=O)Nc3ccc(Br)cc3)cc2)CC1.[Na+]. The van der Waals surface area contributed by atoms with Gasteiger partial charge in [-0.25, -0.2) is 8.42 Å². The molecule has 2 N–H and O–H groups in total. The van der Waals surface area contributed by atoms with Crippen LogP contribution in [0.4, 0.5) is 5.69 Å². The maximum absolute atomic E-state index is 13.6. The fourth-order valence-corrected chi connectivity index (χ4v) is 5.97. The van der Waals surface area contributed by atoms with Gasteiger partial charge in [-0.2, -0.15) is 0 Å². The fourth-order valence-electron chi connectivity index (χ4n) is 5.36. The van der Waals surface area contributed by atoms with E-state index >= 15 is 0 Å². The van der Waals surface area contributed by atoms with Gasteiger partial charge < -0.3 is 15.2 Å². The predicted octanol–water partition coefficient (Wildman–Crippen LogP) is 3.92. The summed E-state index contributed by atoms with van der Waals surface area (Å²) < 4.78 is 33.3. The second-order valence-electron chi connectivity index (χ2n) is 12.2. The van der Waals surface area contributed by atoms with E-state index in [-0.39, 0.29) is 42.0 Å². The van der Waals surface area contributed by atoms with Crippen LogP contribution in [-0.4, -0.2) is 37.1 Å². The third-order valence-electron chi connectivity index (χ3n) is 8.04. The molecule has 0 spiro atoms. The Morgan fingerprint density at radius 2 is 1.61 bits per heavy atom. The third kappa shape index (κ3) is 10.7. The number of rotatable bonds is 10. The van der Waals surface area contributed by atoms with E-state index in [1.807, 2.05) is 36.4 Å². The van der Waals surface area contributed by atoms with E-state index in [1.54, 1.807) is 24.3 Å². The fraction of sp³-hybridized carbons (Fsp3) is 0.353. The number of hydrogen-bond donors (Lipinski definition) is 2. The maximum atomic E-state index is 13.6. The van der Waals surface area contributed by atoms with Crippen LogP contribution in [0, 0.1) is 11.3 Å². The normalized spacial score (nSPS) is 15.8. The molecule has 7 nitrogen and oxygen atoms in total. The first-order chi connectivity index (χ1) is 20.3. The summed E-state index contributed by atoms with van der Waals surface area (Å²) in [4.78, 5) is 26.0. The van der Waals surface area contributed by atoms with Crippen LogP contribution in [0.2, 0.25) is 0 Å². The molecule has 3 aromatic carbocycles. The number of nitrogens with one attached hydrogen (secondary N) is 2. The average Bonchev–Trinajstić information content (AvgIpc) is 2.96. The minimum absolute atomic E-state index is 0. The Labute approximate surface area is 291 Å². The van der Waals surface area contributed by atoms with Crippen molar-refractivity contribution in [3.05, 3.63) is 106 Å². The smallest absolute Gasteiger partial charge is 0.748 e. The summed E-state index contributed by atoms with van der Waals surface area (Å²) in [6, 6.07) is 22.5. The standard InChI is InChI=1S/C34H39BrN2O5S.Na/c1-34(2,3)28-14-12-25(13-15-28)24-8-10-26(11-9-24)31(33(39)37-30-18-16-29(35)17-19-30)22-23-4-6-27(7-5-23)32(38)36-20-21-43(40,41)42;/h4-12,16-19,28,31H,13-15,20-22H2,1-3H3,(H,36,38)(H,37,39)(H,40,41,42);/q;+1/p-1. The van der Waals surface area contributed by atoms with Crippen molar-refractivity contribution in [3.63, 3.8) is 0 Å². The van der Waals surface area contributed by atoms with E-state index < -0.39 is 27.7 Å². The second kappa shape index (κ2) is 15.8. The van der Waals surface area contributed by atoms with Gasteiger partial charge in [0.1, 0.15) is 0 Å². The molecule has 0 fully saturated rings. The van der Waals surface area contributed by atoms with Gasteiger partial charge in [-0.15, -0.1) is 0 Å². The van der Waals surface area contributed by atoms with Gasteiger partial charge in [-0.1, -0.05) is 79.2 Å². The first-order valence-corrected chi connectivity index (χ1v) is 16.8. The molecule has 0 saturated carbocycles. The van der Waals surface area contributed by atoms with Gasteiger partial charge in [0.25, 0.3) is 5.91 Å². The third-order valence-corrected chi connectivity index (χ3v) is 9.27. The molecule has 0 heterocycles. The van der Waals surface area contributed by atoms with E-state index in [4.69, 9.17) is 0 Å². The number of anilines is 1. The summed E-state index contributed by atoms with van der Waals surface area (Å²) in [6.45, 7) is 6.66. The molecular weight excluding hydrogens is 651 g/mol. The van der Waals surface area contributed by atoms with E-state index in [9.17, 15) is 22.6 Å². The van der Waals surface area contributed by atoms with Crippen molar-refractivity contribution in [1.29, 1.82) is 0 Å². The molecule has 3 aromatic rings. The zero-order valence-electron chi connectivity index (χ0n) is 25.7. The Hall–Kier alpha value is -2.27. The largest absolute Gasteiger partial charge is 1.00 e. The average molecular weight is 690 g/mol. The number of benzene rings is 3. The van der Waals surface area contributed by atoms with Crippen LogP contribution in [-0.2, 0) is 21.3 Å². The summed E-state index contributed by atoms with van der Waals surface area (Å²) in [6.07, 6.45) is 6.06. The van der Waals surface area contributed by atoms with Crippen LogP contribution >= 0.6 is 15.9 Å². The minimum atomic E-state index is -4.41. The Bertz CT molecular complexity index is 1570. The topological polar surface area (TPSA) is 115 Å². The van der Waals surface area contributed by atoms with Crippen LogP contribution in [0.3, 0.4) is 0 Å². The van der Waals surface area contributed by atoms with E-state index in [1.165, 1.54) is 17.6 Å². The number of amides is 2. The first kappa shape index (κ1) is 36.2. The monoisotopic (exact) mass is 688 g/mol. The Kier molecular flexibility index (Phi) is 13.0. The zero-order valence-corrected chi connectivity index (χ0v) is 30.1. The Morgan fingerprint density at radius 3 is 2.16 bits per heavy atom. The van der Waals surface area contributed by atoms with Crippen molar-refractivity contribution in [2.24, 2.45) is 11.3 Å². The minimum Gasteiger partial charge on any atom is -0.748 e. The molecule has 2 amide bonds. The molecule has 228 valence electrons. The summed E-state index contributed by atoms with van der Waals surface area (Å²) in [5.74, 6) is -1.08. The van der Waals surface area contributed by atoms with E-state index in [2.05, 4.69) is 65.5 Å². The van der Waals surface area contributed by atoms with Gasteiger partial charge >= 0.3 is 29.6 Å². The molecule has 0 bridgehead atoms. The Balaban J connectivity index is 0.00000529. The summed E-state index contributed by atoms with van der Waals surface area (Å²) in [7, 11) is -4.41. The van der Waals surface area contributed by atoms with Gasteiger partial charge in [0, 0.05) is 22.3 Å². The van der Waals surface area contributed by atoms with Crippen molar-refractivity contribution < 1.29 is 52.1 Å². The Morgan fingerprint density at radius 1 is 0.977 bits per heavy atom. The van der Waals surface area contributed by atoms with Crippen LogP contribution in [0.5, 0.6) is 0 Å². The van der Waals surface area contributed by atoms with E-state index in [0.717, 1.165) is 28.4 Å². The predicted molar refractivity (Wildman–Crippen MR) is 174 cm³/mol. The van der Waals surface area contributed by atoms with E-state index in [0.29, 0.717) is 29.0 Å². The first-order valence-electron chi connectivity index (χ1n) is 14.4. The summed E-state index contributed by atoms with van der Waals surface area (Å²) >= 11 is 3.43. The van der Waals surface area contributed by atoms with Crippen molar-refractivity contribution in [1.82, 2.24) is 5.32 Å². The molecule has 10 heteroatoms. The molecule has 0 radical (unpaired) electrons. The van der Waals surface area contributed by atoms with Crippen LogP contribution in [0.1, 0.15) is 73.0 Å². The maximum Gasteiger partial charge on any atom is 1.00 e. The van der Waals surface area contributed by atoms with Crippen LogP contribution < -0.4 is 40.2 Å². The van der Waals surface area contributed by atoms with Crippen molar-refractivity contribution in [3.8, 4) is 0 Å². The molecule has 0 aromatic heterocycles. The summed E-state index contributed by atoms with van der Waals surface area (Å²) in [5.41, 5.74) is 5.62. The molecule has 0 aliphatic heterocycles. The number of carbonyl (C=O) groups excluding carboxylic acids is 2. The van der Waals surface area contributed by atoms with Crippen molar-refractivity contribution >= 4 is 49.1 Å². The molecule has 1 aliphatic rings. The number of allylic oxidation sites excluding steroid dienone is 2. The summed E-state index contributed by atoms with van der Waals surface area (Å²) in [5, 5.41) is 5.48. The molecule has 2 unspecified atom stereocenters.